The highest BCUT2D eigenvalue weighted by atomic mass is 79.9. The van der Waals surface area contributed by atoms with E-state index < -0.39 is 0 Å². The van der Waals surface area contributed by atoms with Crippen LogP contribution in [0.1, 0.15) is 25.3 Å². The SMILES string of the molecule is COc1ccccc1NC(=S)NC(C)C1(c2ccc(Br)cc2)CC1. The van der Waals surface area contributed by atoms with Crippen molar-refractivity contribution in [3.8, 4) is 5.75 Å². The summed E-state index contributed by atoms with van der Waals surface area (Å²) >= 11 is 9.00. The van der Waals surface area contributed by atoms with Gasteiger partial charge < -0.3 is 15.4 Å². The molecule has 0 radical (unpaired) electrons. The maximum atomic E-state index is 5.50. The van der Waals surface area contributed by atoms with Crippen LogP contribution in [0.2, 0.25) is 0 Å². The average Bonchev–Trinajstić information content (AvgIpc) is 3.38. The van der Waals surface area contributed by atoms with Crippen molar-refractivity contribution in [1.29, 1.82) is 0 Å². The number of ether oxygens (including phenoxy) is 1. The number of methoxy groups -OCH3 is 1. The maximum Gasteiger partial charge on any atom is 0.171 e. The molecule has 2 aromatic rings. The molecule has 0 saturated heterocycles. The third-order valence-corrected chi connectivity index (χ3v) is 5.49. The number of halogens is 1. The van der Waals surface area contributed by atoms with Crippen LogP contribution >= 0.6 is 28.1 Å². The van der Waals surface area contributed by atoms with Gasteiger partial charge in [-0.3, -0.25) is 0 Å². The number of para-hydroxylation sites is 2. The average molecular weight is 405 g/mol. The van der Waals surface area contributed by atoms with Crippen LogP contribution in [0.4, 0.5) is 5.69 Å². The van der Waals surface area contributed by atoms with E-state index in [1.165, 1.54) is 18.4 Å². The van der Waals surface area contributed by atoms with Gasteiger partial charge in [-0.25, -0.2) is 0 Å². The molecule has 5 heteroatoms. The van der Waals surface area contributed by atoms with Crippen molar-refractivity contribution in [2.24, 2.45) is 0 Å². The van der Waals surface area contributed by atoms with Gasteiger partial charge in [-0.1, -0.05) is 40.2 Å². The maximum absolute atomic E-state index is 5.50. The third kappa shape index (κ3) is 3.57. The van der Waals surface area contributed by atoms with Crippen LogP contribution in [0.25, 0.3) is 0 Å². The Bertz CT molecular complexity index is 728. The van der Waals surface area contributed by atoms with Crippen molar-refractivity contribution < 1.29 is 4.74 Å². The topological polar surface area (TPSA) is 33.3 Å². The molecule has 1 aliphatic carbocycles. The number of benzene rings is 2. The zero-order valence-corrected chi connectivity index (χ0v) is 16.2. The summed E-state index contributed by atoms with van der Waals surface area (Å²) in [6.45, 7) is 2.20. The Morgan fingerprint density at radius 1 is 1.17 bits per heavy atom. The van der Waals surface area contributed by atoms with Gasteiger partial charge in [0.05, 0.1) is 12.8 Å². The minimum Gasteiger partial charge on any atom is -0.495 e. The Balaban J connectivity index is 1.67. The first-order valence-corrected chi connectivity index (χ1v) is 9.22. The third-order valence-electron chi connectivity index (χ3n) is 4.74. The van der Waals surface area contributed by atoms with Gasteiger partial charge in [0.1, 0.15) is 5.75 Å². The van der Waals surface area contributed by atoms with Crippen LogP contribution in [0, 0.1) is 0 Å². The Labute approximate surface area is 156 Å². The van der Waals surface area contributed by atoms with Crippen molar-refractivity contribution in [3.05, 3.63) is 58.6 Å². The van der Waals surface area contributed by atoms with E-state index in [1.807, 2.05) is 24.3 Å². The van der Waals surface area contributed by atoms with E-state index in [4.69, 9.17) is 17.0 Å². The van der Waals surface area contributed by atoms with E-state index in [1.54, 1.807) is 7.11 Å². The van der Waals surface area contributed by atoms with Crippen LogP contribution < -0.4 is 15.4 Å². The number of hydrogen-bond donors (Lipinski definition) is 2. The number of anilines is 1. The zero-order chi connectivity index (χ0) is 17.2. The van der Waals surface area contributed by atoms with Crippen LogP contribution in [0.5, 0.6) is 5.75 Å². The molecule has 3 nitrogen and oxygen atoms in total. The lowest BCUT2D eigenvalue weighted by molar-refractivity contribution is 0.417. The van der Waals surface area contributed by atoms with E-state index in [2.05, 4.69) is 57.8 Å². The first-order valence-electron chi connectivity index (χ1n) is 8.02. The first-order chi connectivity index (χ1) is 11.5. The van der Waals surface area contributed by atoms with Gasteiger partial charge in [0.2, 0.25) is 0 Å². The quantitative estimate of drug-likeness (QED) is 0.696. The second kappa shape index (κ2) is 7.11. The molecule has 1 atom stereocenters. The van der Waals surface area contributed by atoms with Crippen LogP contribution in [-0.2, 0) is 5.41 Å². The molecule has 1 fully saturated rings. The second-order valence-electron chi connectivity index (χ2n) is 6.18. The molecule has 0 amide bonds. The molecular weight excluding hydrogens is 384 g/mol. The van der Waals surface area contributed by atoms with E-state index in [-0.39, 0.29) is 11.5 Å². The monoisotopic (exact) mass is 404 g/mol. The molecule has 0 aromatic heterocycles. The van der Waals surface area contributed by atoms with Crippen molar-refractivity contribution in [3.63, 3.8) is 0 Å². The molecule has 2 aromatic carbocycles. The highest BCUT2D eigenvalue weighted by Crippen LogP contribution is 2.51. The van der Waals surface area contributed by atoms with Crippen molar-refractivity contribution in [1.82, 2.24) is 5.32 Å². The van der Waals surface area contributed by atoms with E-state index >= 15 is 0 Å². The lowest BCUT2D eigenvalue weighted by Gasteiger charge is -2.27. The fraction of sp³-hybridized carbons (Fsp3) is 0.316. The summed E-state index contributed by atoms with van der Waals surface area (Å²) in [4.78, 5) is 0. The molecule has 2 N–H and O–H groups in total. The van der Waals surface area contributed by atoms with Crippen molar-refractivity contribution in [2.75, 3.05) is 12.4 Å². The number of rotatable bonds is 5. The Kier molecular flexibility index (Phi) is 5.11. The fourth-order valence-corrected chi connectivity index (χ4v) is 3.68. The summed E-state index contributed by atoms with van der Waals surface area (Å²) < 4.78 is 6.46. The highest BCUT2D eigenvalue weighted by Gasteiger charge is 2.49. The molecule has 1 aliphatic rings. The lowest BCUT2D eigenvalue weighted by Crippen LogP contribution is -2.43. The fourth-order valence-electron chi connectivity index (χ4n) is 3.13. The van der Waals surface area contributed by atoms with Crippen LogP contribution in [0.3, 0.4) is 0 Å². The summed E-state index contributed by atoms with van der Waals surface area (Å²) in [7, 11) is 1.66. The summed E-state index contributed by atoms with van der Waals surface area (Å²) in [5.74, 6) is 0.781. The predicted molar refractivity (Wildman–Crippen MR) is 107 cm³/mol. The summed E-state index contributed by atoms with van der Waals surface area (Å²) in [5.41, 5.74) is 2.41. The number of thiocarbonyl (C=S) groups is 1. The van der Waals surface area contributed by atoms with E-state index in [9.17, 15) is 0 Å². The summed E-state index contributed by atoms with van der Waals surface area (Å²) in [6.07, 6.45) is 2.36. The second-order valence-corrected chi connectivity index (χ2v) is 7.51. The van der Waals surface area contributed by atoms with E-state index in [0.29, 0.717) is 5.11 Å². The smallest absolute Gasteiger partial charge is 0.171 e. The number of nitrogens with one attached hydrogen (secondary N) is 2. The highest BCUT2D eigenvalue weighted by molar-refractivity contribution is 9.10. The normalized spacial score (nSPS) is 16.1. The molecule has 126 valence electrons. The largest absolute Gasteiger partial charge is 0.495 e. The van der Waals surface area contributed by atoms with Crippen LogP contribution in [-0.4, -0.2) is 18.3 Å². The minimum atomic E-state index is 0.174. The Hall–Kier alpha value is -1.59. The minimum absolute atomic E-state index is 0.174. The molecule has 1 unspecified atom stereocenters. The van der Waals surface area contributed by atoms with Crippen molar-refractivity contribution in [2.45, 2.75) is 31.2 Å². The molecule has 3 rings (SSSR count). The van der Waals surface area contributed by atoms with Gasteiger partial charge in [-0.2, -0.15) is 0 Å². The predicted octanol–water partition coefficient (Wildman–Crippen LogP) is 4.86. The summed E-state index contributed by atoms with van der Waals surface area (Å²) in [5, 5.41) is 7.31. The molecular formula is C19H21BrN2OS. The van der Waals surface area contributed by atoms with Gasteiger partial charge in [0.15, 0.2) is 5.11 Å². The molecule has 0 heterocycles. The summed E-state index contributed by atoms with van der Waals surface area (Å²) in [6, 6.07) is 16.6. The first kappa shape index (κ1) is 17.2. The molecule has 0 aliphatic heterocycles. The zero-order valence-electron chi connectivity index (χ0n) is 13.8. The number of hydrogen-bond acceptors (Lipinski definition) is 2. The lowest BCUT2D eigenvalue weighted by atomic mass is 9.89. The van der Waals surface area contributed by atoms with Gasteiger partial charge in [-0.05, 0) is 61.8 Å². The van der Waals surface area contributed by atoms with Gasteiger partial charge >= 0.3 is 0 Å². The van der Waals surface area contributed by atoms with Crippen molar-refractivity contribution >= 4 is 38.9 Å². The van der Waals surface area contributed by atoms with Gasteiger partial charge in [-0.15, -0.1) is 0 Å². The standard InChI is InChI=1S/C19H21BrN2OS/c1-13(19(11-12-19)14-7-9-15(20)10-8-14)21-18(24)22-16-5-3-4-6-17(16)23-2/h3-10,13H,11-12H2,1-2H3,(H2,21,22,24). The Morgan fingerprint density at radius 2 is 1.83 bits per heavy atom. The van der Waals surface area contributed by atoms with E-state index in [0.717, 1.165) is 15.9 Å². The molecule has 1 saturated carbocycles. The molecule has 24 heavy (non-hydrogen) atoms. The van der Waals surface area contributed by atoms with Gasteiger partial charge in [0.25, 0.3) is 0 Å². The van der Waals surface area contributed by atoms with Crippen LogP contribution in [0.15, 0.2) is 53.0 Å². The van der Waals surface area contributed by atoms with Gasteiger partial charge in [0, 0.05) is 15.9 Å². The molecule has 0 spiro atoms. The Morgan fingerprint density at radius 3 is 2.46 bits per heavy atom. The molecule has 0 bridgehead atoms.